The minimum absolute atomic E-state index is 0.0436. The SMILES string of the molecule is C[C@H](/C=C/c1ccccc1)C/C=C/[C@H](C)C[C@]1(C)C[C@@](C)(CC(=O)O)OO1. The maximum atomic E-state index is 11.0. The molecular formula is C23H32O4. The van der Waals surface area contributed by atoms with Gasteiger partial charge in [-0.2, -0.15) is 0 Å². The lowest BCUT2D eigenvalue weighted by atomic mass is 9.83. The zero-order chi connectivity index (χ0) is 19.9. The molecule has 1 aromatic rings. The highest BCUT2D eigenvalue weighted by Gasteiger charge is 2.47. The molecule has 2 rings (SSSR count). The van der Waals surface area contributed by atoms with Crippen LogP contribution in [0.3, 0.4) is 0 Å². The summed E-state index contributed by atoms with van der Waals surface area (Å²) >= 11 is 0. The topological polar surface area (TPSA) is 55.8 Å². The van der Waals surface area contributed by atoms with Crippen LogP contribution < -0.4 is 0 Å². The highest BCUT2D eigenvalue weighted by molar-refractivity contribution is 5.68. The number of allylic oxidation sites excluding steroid dienone is 3. The fourth-order valence-electron chi connectivity index (χ4n) is 3.76. The molecule has 1 heterocycles. The van der Waals surface area contributed by atoms with Gasteiger partial charge in [-0.1, -0.05) is 68.5 Å². The Labute approximate surface area is 162 Å². The maximum Gasteiger partial charge on any atom is 0.306 e. The molecule has 0 saturated carbocycles. The van der Waals surface area contributed by atoms with Crippen LogP contribution in [-0.2, 0) is 14.6 Å². The molecule has 4 atom stereocenters. The zero-order valence-electron chi connectivity index (χ0n) is 16.9. The van der Waals surface area contributed by atoms with Crippen LogP contribution in [0.15, 0.2) is 48.6 Å². The third kappa shape index (κ3) is 7.31. The molecule has 1 fully saturated rings. The molecule has 0 amide bonds. The summed E-state index contributed by atoms with van der Waals surface area (Å²) in [4.78, 5) is 21.9. The molecule has 0 spiro atoms. The van der Waals surface area contributed by atoms with Crippen LogP contribution in [0.2, 0.25) is 0 Å². The Morgan fingerprint density at radius 2 is 1.78 bits per heavy atom. The van der Waals surface area contributed by atoms with E-state index < -0.39 is 17.2 Å². The van der Waals surface area contributed by atoms with E-state index in [-0.39, 0.29) is 6.42 Å². The number of hydrogen-bond acceptors (Lipinski definition) is 3. The molecule has 27 heavy (non-hydrogen) atoms. The van der Waals surface area contributed by atoms with Crippen LogP contribution in [0.1, 0.15) is 58.9 Å². The van der Waals surface area contributed by atoms with E-state index in [2.05, 4.69) is 50.3 Å². The summed E-state index contributed by atoms with van der Waals surface area (Å²) in [7, 11) is 0. The van der Waals surface area contributed by atoms with Crippen molar-refractivity contribution < 1.29 is 19.7 Å². The molecular weight excluding hydrogens is 340 g/mol. The van der Waals surface area contributed by atoms with E-state index >= 15 is 0 Å². The molecule has 148 valence electrons. The Morgan fingerprint density at radius 3 is 2.44 bits per heavy atom. The van der Waals surface area contributed by atoms with Crippen molar-refractivity contribution in [3.63, 3.8) is 0 Å². The molecule has 4 nitrogen and oxygen atoms in total. The molecule has 1 saturated heterocycles. The predicted octanol–water partition coefficient (Wildman–Crippen LogP) is 5.65. The first kappa shape index (κ1) is 21.4. The first-order chi connectivity index (χ1) is 12.7. The molecule has 0 bridgehead atoms. The lowest BCUT2D eigenvalue weighted by Crippen LogP contribution is -2.31. The molecule has 0 aromatic heterocycles. The number of hydrogen-bond donors (Lipinski definition) is 1. The molecule has 1 aromatic carbocycles. The Morgan fingerprint density at radius 1 is 1.11 bits per heavy atom. The van der Waals surface area contributed by atoms with Gasteiger partial charge in [-0.25, -0.2) is 9.78 Å². The van der Waals surface area contributed by atoms with Gasteiger partial charge in [-0.15, -0.1) is 0 Å². The standard InChI is InChI=1S/C23H32O4/c1-18(13-14-20-11-6-5-7-12-20)9-8-10-19(2)15-22(3)17-23(4,27-26-22)16-21(24)25/h5-8,10-14,18-19H,9,15-17H2,1-4H3,(H,24,25)/b10-8+,14-13+/t18-,19-,22+,23+/m0/s1. The van der Waals surface area contributed by atoms with Gasteiger partial charge in [0.2, 0.25) is 0 Å². The fourth-order valence-corrected chi connectivity index (χ4v) is 3.76. The maximum absolute atomic E-state index is 11.0. The van der Waals surface area contributed by atoms with Crippen LogP contribution >= 0.6 is 0 Å². The van der Waals surface area contributed by atoms with Gasteiger partial charge in [0.1, 0.15) is 11.2 Å². The average molecular weight is 373 g/mol. The van der Waals surface area contributed by atoms with Gasteiger partial charge >= 0.3 is 5.97 Å². The second kappa shape index (κ2) is 9.34. The van der Waals surface area contributed by atoms with E-state index in [0.29, 0.717) is 18.3 Å². The number of benzene rings is 1. The van der Waals surface area contributed by atoms with Gasteiger partial charge in [0, 0.05) is 6.42 Å². The summed E-state index contributed by atoms with van der Waals surface area (Å²) in [5.74, 6) is -0.0684. The van der Waals surface area contributed by atoms with Crippen LogP contribution in [0.25, 0.3) is 6.08 Å². The average Bonchev–Trinajstić information content (AvgIpc) is 2.87. The van der Waals surface area contributed by atoms with Gasteiger partial charge in [0.15, 0.2) is 0 Å². The summed E-state index contributed by atoms with van der Waals surface area (Å²) in [5.41, 5.74) is 0.0190. The molecule has 1 aliphatic heterocycles. The second-order valence-electron chi connectivity index (χ2n) is 8.41. The second-order valence-corrected chi connectivity index (χ2v) is 8.41. The molecule has 1 aliphatic rings. The first-order valence-electron chi connectivity index (χ1n) is 9.68. The summed E-state index contributed by atoms with van der Waals surface area (Å²) in [6.45, 7) is 8.16. The zero-order valence-corrected chi connectivity index (χ0v) is 16.9. The van der Waals surface area contributed by atoms with Crippen LogP contribution in [0.5, 0.6) is 0 Å². The van der Waals surface area contributed by atoms with Gasteiger partial charge in [0.25, 0.3) is 0 Å². The van der Waals surface area contributed by atoms with E-state index in [4.69, 9.17) is 14.9 Å². The lowest BCUT2D eigenvalue weighted by Gasteiger charge is -2.24. The molecule has 0 unspecified atom stereocenters. The van der Waals surface area contributed by atoms with Crippen molar-refractivity contribution in [1.29, 1.82) is 0 Å². The van der Waals surface area contributed by atoms with Gasteiger partial charge < -0.3 is 5.11 Å². The minimum Gasteiger partial charge on any atom is -0.481 e. The van der Waals surface area contributed by atoms with E-state index in [1.807, 2.05) is 25.1 Å². The van der Waals surface area contributed by atoms with Crippen molar-refractivity contribution in [1.82, 2.24) is 0 Å². The van der Waals surface area contributed by atoms with Crippen molar-refractivity contribution in [3.8, 4) is 0 Å². The quantitative estimate of drug-likeness (QED) is 0.449. The van der Waals surface area contributed by atoms with Crippen LogP contribution in [0.4, 0.5) is 0 Å². The number of carbonyl (C=O) groups is 1. The molecule has 1 N–H and O–H groups in total. The Bertz CT molecular complexity index is 666. The number of carboxylic acid groups (broad SMARTS) is 1. The highest BCUT2D eigenvalue weighted by Crippen LogP contribution is 2.41. The summed E-state index contributed by atoms with van der Waals surface area (Å²) < 4.78 is 0. The number of aliphatic carboxylic acids is 1. The normalized spacial score (nSPS) is 28.0. The van der Waals surface area contributed by atoms with E-state index in [9.17, 15) is 4.79 Å². The van der Waals surface area contributed by atoms with E-state index in [0.717, 1.165) is 12.8 Å². The van der Waals surface area contributed by atoms with E-state index in [1.165, 1.54) is 5.56 Å². The third-order valence-electron chi connectivity index (χ3n) is 4.86. The number of carboxylic acids is 1. The van der Waals surface area contributed by atoms with Gasteiger partial charge in [-0.3, -0.25) is 4.79 Å². The van der Waals surface area contributed by atoms with Gasteiger partial charge in [0.05, 0.1) is 6.42 Å². The Balaban J connectivity index is 1.78. The minimum atomic E-state index is -0.865. The van der Waals surface area contributed by atoms with Crippen molar-refractivity contribution in [2.75, 3.05) is 0 Å². The van der Waals surface area contributed by atoms with Crippen molar-refractivity contribution in [2.45, 2.75) is 64.6 Å². The van der Waals surface area contributed by atoms with E-state index in [1.54, 1.807) is 6.92 Å². The lowest BCUT2D eigenvalue weighted by molar-refractivity contribution is -0.346. The first-order valence-corrected chi connectivity index (χ1v) is 9.68. The monoisotopic (exact) mass is 372 g/mol. The third-order valence-corrected chi connectivity index (χ3v) is 4.86. The predicted molar refractivity (Wildman–Crippen MR) is 108 cm³/mol. The van der Waals surface area contributed by atoms with Gasteiger partial charge in [-0.05, 0) is 44.1 Å². The fraction of sp³-hybridized carbons (Fsp3) is 0.522. The molecule has 4 heteroatoms. The summed E-state index contributed by atoms with van der Waals surface area (Å²) in [6, 6.07) is 10.3. The Hall–Kier alpha value is -1.91. The van der Waals surface area contributed by atoms with Crippen LogP contribution in [-0.4, -0.2) is 22.3 Å². The number of rotatable bonds is 9. The summed E-state index contributed by atoms with van der Waals surface area (Å²) in [6.07, 6.45) is 11.2. The van der Waals surface area contributed by atoms with Crippen molar-refractivity contribution >= 4 is 12.0 Å². The van der Waals surface area contributed by atoms with Crippen LogP contribution in [0, 0.1) is 11.8 Å². The highest BCUT2D eigenvalue weighted by atomic mass is 17.2. The molecule has 0 radical (unpaired) electrons. The molecule has 0 aliphatic carbocycles. The largest absolute Gasteiger partial charge is 0.481 e. The van der Waals surface area contributed by atoms with Crippen molar-refractivity contribution in [2.24, 2.45) is 11.8 Å². The smallest absolute Gasteiger partial charge is 0.306 e. The van der Waals surface area contributed by atoms with Crippen molar-refractivity contribution in [3.05, 3.63) is 54.1 Å². The Kier molecular flexibility index (Phi) is 7.40. The summed E-state index contributed by atoms with van der Waals surface area (Å²) in [5, 5.41) is 9.02.